The van der Waals surface area contributed by atoms with Crippen molar-refractivity contribution in [2.24, 2.45) is 0 Å². The van der Waals surface area contributed by atoms with Crippen LogP contribution in [-0.4, -0.2) is 38.6 Å². The molecule has 8 nitrogen and oxygen atoms in total. The van der Waals surface area contributed by atoms with Crippen molar-refractivity contribution < 1.29 is 37.4 Å². The molecule has 0 aliphatic carbocycles. The third kappa shape index (κ3) is 10.6. The van der Waals surface area contributed by atoms with Gasteiger partial charge in [0.05, 0.1) is 39.3 Å². The van der Waals surface area contributed by atoms with Gasteiger partial charge in [0.15, 0.2) is 0 Å². The minimum absolute atomic E-state index is 0.0330. The second kappa shape index (κ2) is 17.5. The molecule has 0 saturated carbocycles. The molecule has 40 heavy (non-hydrogen) atoms. The number of esters is 2. The largest absolute Gasteiger partial charge is 0.466 e. The summed E-state index contributed by atoms with van der Waals surface area (Å²) in [6.45, 7) is 22.5. The summed E-state index contributed by atoms with van der Waals surface area (Å²) in [5, 5.41) is 8.94. The molecular weight excluding hydrogens is 528 g/mol. The van der Waals surface area contributed by atoms with E-state index in [2.05, 4.69) is 41.5 Å². The van der Waals surface area contributed by atoms with Gasteiger partial charge in [-0.15, -0.1) is 0 Å². The Morgan fingerprint density at radius 3 is 1.52 bits per heavy atom. The van der Waals surface area contributed by atoms with Crippen LogP contribution in [0.1, 0.15) is 102 Å². The van der Waals surface area contributed by atoms with Crippen molar-refractivity contribution in [1.82, 2.24) is 0 Å². The molecular formula is C31H52O8Si. The number of carbonyl (C=O) groups excluding carboxylic acids is 2. The average molecular weight is 581 g/mol. The van der Waals surface area contributed by atoms with Gasteiger partial charge < -0.3 is 27.8 Å². The number of rotatable bonds is 15. The van der Waals surface area contributed by atoms with E-state index >= 15 is 0 Å². The molecule has 2 rings (SSSR count). The monoisotopic (exact) mass is 580 g/mol. The van der Waals surface area contributed by atoms with E-state index in [-0.39, 0.29) is 18.5 Å². The Labute approximate surface area is 241 Å². The van der Waals surface area contributed by atoms with Crippen LogP contribution in [0.2, 0.25) is 16.6 Å². The normalized spacial score (nSPS) is 11.7. The van der Waals surface area contributed by atoms with Crippen molar-refractivity contribution in [1.29, 1.82) is 0 Å². The average Bonchev–Trinajstić information content (AvgIpc) is 3.42. The van der Waals surface area contributed by atoms with Gasteiger partial charge in [0, 0.05) is 24.0 Å². The van der Waals surface area contributed by atoms with Gasteiger partial charge in [-0.25, -0.2) is 0 Å². The highest BCUT2D eigenvalue weighted by atomic mass is 28.4. The fourth-order valence-corrected chi connectivity index (χ4v) is 10.7. The smallest absolute Gasteiger partial charge is 0.306 e. The Kier molecular flexibility index (Phi) is 15.6. The second-order valence-corrected chi connectivity index (χ2v) is 16.4. The molecule has 0 spiro atoms. The van der Waals surface area contributed by atoms with Crippen LogP contribution < -0.4 is 0 Å². The first kappa shape index (κ1) is 35.7. The molecule has 2 heterocycles. The van der Waals surface area contributed by atoms with E-state index in [1.54, 1.807) is 19.9 Å². The van der Waals surface area contributed by atoms with E-state index in [0.717, 1.165) is 22.6 Å². The Hall–Kier alpha value is -2.36. The van der Waals surface area contributed by atoms with Crippen molar-refractivity contribution in [3.8, 4) is 0 Å². The van der Waals surface area contributed by atoms with Gasteiger partial charge in [0.2, 0.25) is 8.32 Å². The van der Waals surface area contributed by atoms with Crippen molar-refractivity contribution in [2.75, 3.05) is 13.2 Å². The van der Waals surface area contributed by atoms with Crippen LogP contribution in [0, 0.1) is 13.8 Å². The number of hydrogen-bond donors (Lipinski definition) is 1. The minimum atomic E-state index is -1.89. The Morgan fingerprint density at radius 1 is 0.775 bits per heavy atom. The van der Waals surface area contributed by atoms with Crippen molar-refractivity contribution in [3.63, 3.8) is 0 Å². The van der Waals surface area contributed by atoms with Crippen LogP contribution in [0.5, 0.6) is 0 Å². The molecule has 2 aromatic rings. The predicted molar refractivity (Wildman–Crippen MR) is 159 cm³/mol. The number of furan rings is 2. The lowest BCUT2D eigenvalue weighted by molar-refractivity contribution is -0.144. The van der Waals surface area contributed by atoms with Gasteiger partial charge in [-0.05, 0) is 56.5 Å². The summed E-state index contributed by atoms with van der Waals surface area (Å²) in [6, 6.07) is 3.81. The molecule has 0 radical (unpaired) electrons. The fraction of sp³-hybridized carbons (Fsp3) is 0.677. The maximum absolute atomic E-state index is 11.5. The number of aliphatic hydroxyl groups is 1. The van der Waals surface area contributed by atoms with Crippen LogP contribution in [0.3, 0.4) is 0 Å². The zero-order chi connectivity index (χ0) is 30.5. The first-order chi connectivity index (χ1) is 18.8. The maximum Gasteiger partial charge on any atom is 0.306 e. The summed E-state index contributed by atoms with van der Waals surface area (Å²) in [5.74, 6) is 2.73. The minimum Gasteiger partial charge on any atom is -0.466 e. The Bertz CT molecular complexity index is 1010. The quantitative estimate of drug-likeness (QED) is 0.172. The molecule has 228 valence electrons. The maximum atomic E-state index is 11.5. The van der Waals surface area contributed by atoms with Crippen LogP contribution >= 0.6 is 0 Å². The van der Waals surface area contributed by atoms with E-state index < -0.39 is 8.32 Å². The zero-order valence-electron chi connectivity index (χ0n) is 26.3. The molecule has 0 bridgehead atoms. The van der Waals surface area contributed by atoms with Gasteiger partial charge in [-0.1, -0.05) is 41.5 Å². The van der Waals surface area contributed by atoms with Gasteiger partial charge in [-0.2, -0.15) is 0 Å². The molecule has 9 heteroatoms. The molecule has 0 fully saturated rings. The molecule has 0 unspecified atom stereocenters. The Morgan fingerprint density at radius 2 is 1.18 bits per heavy atom. The SMILES string of the molecule is CCOC(=O)CCc1cc(CO)c(C)o1.CCOC(=O)CCc1cc(CO[Si](C(C)C)(C(C)C)C(C)C)c(C)o1. The van der Waals surface area contributed by atoms with Crippen molar-refractivity contribution in [2.45, 2.75) is 125 Å². The van der Waals surface area contributed by atoms with Crippen LogP contribution in [-0.2, 0) is 49.5 Å². The molecule has 0 aromatic carbocycles. The van der Waals surface area contributed by atoms with Crippen LogP contribution in [0.15, 0.2) is 21.0 Å². The first-order valence-electron chi connectivity index (χ1n) is 14.5. The lowest BCUT2D eigenvalue weighted by Gasteiger charge is -2.42. The highest BCUT2D eigenvalue weighted by molar-refractivity contribution is 6.77. The molecule has 0 saturated heterocycles. The number of carbonyl (C=O) groups is 2. The standard InChI is InChI=1S/C20H36O4Si.C11H16O4/c1-9-22-20(21)11-10-19-12-18(17(8)24-19)13-23-25(14(2)3,15(4)5)16(6)7;1-3-14-11(13)5-4-10-6-9(7-12)8(2)15-10/h12,14-16H,9-11,13H2,1-8H3;6,12H,3-5,7H2,1-2H3. The van der Waals surface area contributed by atoms with E-state index in [4.69, 9.17) is 27.8 Å². The van der Waals surface area contributed by atoms with Crippen LogP contribution in [0.25, 0.3) is 0 Å². The van der Waals surface area contributed by atoms with E-state index in [1.165, 1.54) is 0 Å². The number of hydrogen-bond acceptors (Lipinski definition) is 8. The molecule has 0 aliphatic heterocycles. The number of aryl methyl sites for hydroxylation is 4. The first-order valence-corrected chi connectivity index (χ1v) is 16.7. The third-order valence-electron chi connectivity index (χ3n) is 7.26. The summed E-state index contributed by atoms with van der Waals surface area (Å²) < 4.78 is 27.6. The molecule has 0 amide bonds. The number of aliphatic hydroxyl groups excluding tert-OH is 1. The van der Waals surface area contributed by atoms with Gasteiger partial charge in [0.1, 0.15) is 23.0 Å². The lowest BCUT2D eigenvalue weighted by atomic mass is 10.2. The van der Waals surface area contributed by atoms with Crippen molar-refractivity contribution in [3.05, 3.63) is 46.3 Å². The van der Waals surface area contributed by atoms with Crippen LogP contribution in [0.4, 0.5) is 0 Å². The van der Waals surface area contributed by atoms with E-state index in [0.29, 0.717) is 73.6 Å². The summed E-state index contributed by atoms with van der Waals surface area (Å²) in [4.78, 5) is 22.6. The van der Waals surface area contributed by atoms with Gasteiger partial charge >= 0.3 is 11.9 Å². The second-order valence-electron chi connectivity index (χ2n) is 11.0. The highest BCUT2D eigenvalue weighted by Gasteiger charge is 2.45. The fourth-order valence-electron chi connectivity index (χ4n) is 5.34. The highest BCUT2D eigenvalue weighted by Crippen LogP contribution is 2.43. The summed E-state index contributed by atoms with van der Waals surface area (Å²) in [6.07, 6.45) is 1.75. The summed E-state index contributed by atoms with van der Waals surface area (Å²) in [7, 11) is -1.89. The third-order valence-corrected chi connectivity index (χ3v) is 13.3. The molecule has 0 aliphatic rings. The zero-order valence-corrected chi connectivity index (χ0v) is 27.3. The summed E-state index contributed by atoms with van der Waals surface area (Å²) in [5.41, 5.74) is 3.54. The predicted octanol–water partition coefficient (Wildman–Crippen LogP) is 7.35. The molecule has 0 atom stereocenters. The van der Waals surface area contributed by atoms with E-state index in [9.17, 15) is 9.59 Å². The van der Waals surface area contributed by atoms with Gasteiger partial charge in [0.25, 0.3) is 0 Å². The molecule has 1 N–H and O–H groups in total. The van der Waals surface area contributed by atoms with E-state index in [1.807, 2.05) is 19.9 Å². The topological polar surface area (TPSA) is 108 Å². The summed E-state index contributed by atoms with van der Waals surface area (Å²) >= 11 is 0. The molecule has 2 aromatic heterocycles. The van der Waals surface area contributed by atoms with Gasteiger partial charge in [-0.3, -0.25) is 9.59 Å². The van der Waals surface area contributed by atoms with Crippen molar-refractivity contribution >= 4 is 20.3 Å². The number of ether oxygens (including phenoxy) is 2. The Balaban J connectivity index is 0.000000453. The lowest BCUT2D eigenvalue weighted by Crippen LogP contribution is -2.47.